The molecule has 1 rings (SSSR count). The van der Waals surface area contributed by atoms with Crippen LogP contribution in [0, 0.1) is 0 Å². The van der Waals surface area contributed by atoms with Gasteiger partial charge in [0.15, 0.2) is 0 Å². The Balaban J connectivity index is 2.27. The van der Waals surface area contributed by atoms with Crippen molar-refractivity contribution >= 4 is 5.91 Å². The maximum atomic E-state index is 11.7. The van der Waals surface area contributed by atoms with E-state index in [4.69, 9.17) is 4.74 Å². The van der Waals surface area contributed by atoms with Crippen molar-refractivity contribution in [3.05, 3.63) is 0 Å². The van der Waals surface area contributed by atoms with E-state index in [-0.39, 0.29) is 6.54 Å². The van der Waals surface area contributed by atoms with Crippen molar-refractivity contribution < 1.29 is 22.7 Å². The normalized spacial score (nSPS) is 23.2. The Labute approximate surface area is 78.8 Å². The zero-order valence-electron chi connectivity index (χ0n) is 7.36. The molecular formula is C7H11F3N2O2. The van der Waals surface area contributed by atoms with E-state index in [1.54, 1.807) is 5.32 Å². The largest absolute Gasteiger partial charge is 0.405 e. The van der Waals surface area contributed by atoms with Gasteiger partial charge in [0.2, 0.25) is 0 Å². The number of alkyl halides is 3. The Hall–Kier alpha value is -0.820. The second-order valence-corrected chi connectivity index (χ2v) is 2.90. The summed E-state index contributed by atoms with van der Waals surface area (Å²) in [4.78, 5) is 11.1. The van der Waals surface area contributed by atoms with Crippen LogP contribution in [0.1, 0.15) is 0 Å². The van der Waals surface area contributed by atoms with Crippen molar-refractivity contribution in [3.8, 4) is 0 Å². The van der Waals surface area contributed by atoms with Gasteiger partial charge in [0.1, 0.15) is 12.6 Å². The lowest BCUT2D eigenvalue weighted by Gasteiger charge is -2.22. The minimum Gasteiger partial charge on any atom is -0.366 e. The summed E-state index contributed by atoms with van der Waals surface area (Å²) in [5.74, 6) is -0.727. The highest BCUT2D eigenvalue weighted by atomic mass is 19.4. The highest BCUT2D eigenvalue weighted by Crippen LogP contribution is 2.12. The lowest BCUT2D eigenvalue weighted by atomic mass is 10.3. The van der Waals surface area contributed by atoms with Crippen LogP contribution in [0.2, 0.25) is 0 Å². The molecule has 2 N–H and O–H groups in total. The van der Waals surface area contributed by atoms with E-state index >= 15 is 0 Å². The molecule has 7 heteroatoms. The smallest absolute Gasteiger partial charge is 0.366 e. The highest BCUT2D eigenvalue weighted by Gasteiger charge is 2.30. The molecule has 0 aliphatic carbocycles. The molecule has 0 aromatic carbocycles. The first kappa shape index (κ1) is 11.3. The van der Waals surface area contributed by atoms with Crippen molar-refractivity contribution in [2.24, 2.45) is 0 Å². The summed E-state index contributed by atoms with van der Waals surface area (Å²) in [6.07, 6.45) is -5.19. The van der Waals surface area contributed by atoms with Crippen LogP contribution in [-0.4, -0.2) is 44.4 Å². The van der Waals surface area contributed by atoms with Crippen LogP contribution in [0.5, 0.6) is 0 Å². The molecule has 4 nitrogen and oxygen atoms in total. The highest BCUT2D eigenvalue weighted by molar-refractivity contribution is 5.81. The van der Waals surface area contributed by atoms with Gasteiger partial charge in [0.05, 0.1) is 6.61 Å². The first-order valence-corrected chi connectivity index (χ1v) is 4.16. The van der Waals surface area contributed by atoms with E-state index in [1.807, 2.05) is 0 Å². The molecule has 1 aliphatic heterocycles. The van der Waals surface area contributed by atoms with Crippen LogP contribution >= 0.6 is 0 Å². The fourth-order valence-electron chi connectivity index (χ4n) is 1.03. The third-order valence-electron chi connectivity index (χ3n) is 1.68. The first-order valence-electron chi connectivity index (χ1n) is 4.16. The van der Waals surface area contributed by atoms with E-state index < -0.39 is 24.7 Å². The van der Waals surface area contributed by atoms with Crippen LogP contribution in [0.15, 0.2) is 0 Å². The fraction of sp³-hybridized carbons (Fsp3) is 0.857. The average molecular weight is 212 g/mol. The quantitative estimate of drug-likeness (QED) is 0.658. The average Bonchev–Trinajstić information content (AvgIpc) is 2.14. The Morgan fingerprint density at radius 1 is 1.57 bits per heavy atom. The van der Waals surface area contributed by atoms with Gasteiger partial charge in [0, 0.05) is 13.1 Å². The van der Waals surface area contributed by atoms with E-state index in [9.17, 15) is 18.0 Å². The minimum absolute atomic E-state index is 0.254. The second-order valence-electron chi connectivity index (χ2n) is 2.90. The summed E-state index contributed by atoms with van der Waals surface area (Å²) in [5.41, 5.74) is 0. The van der Waals surface area contributed by atoms with Crippen LogP contribution in [-0.2, 0) is 9.53 Å². The van der Waals surface area contributed by atoms with Crippen LogP contribution in [0.4, 0.5) is 13.2 Å². The lowest BCUT2D eigenvalue weighted by Crippen LogP contribution is -2.49. The molecule has 0 bridgehead atoms. The predicted octanol–water partition coefficient (Wildman–Crippen LogP) is -0.347. The van der Waals surface area contributed by atoms with Gasteiger partial charge < -0.3 is 15.4 Å². The number of halogens is 3. The van der Waals surface area contributed by atoms with Gasteiger partial charge in [-0.25, -0.2) is 0 Å². The maximum Gasteiger partial charge on any atom is 0.405 e. The number of carbonyl (C=O) groups excluding carboxylic acids is 1. The number of morpholine rings is 1. The van der Waals surface area contributed by atoms with E-state index in [1.165, 1.54) is 0 Å². The number of nitrogens with one attached hydrogen (secondary N) is 2. The number of amides is 1. The molecule has 1 heterocycles. The summed E-state index contributed by atoms with van der Waals surface area (Å²) < 4.78 is 40.1. The summed E-state index contributed by atoms with van der Waals surface area (Å²) in [5, 5.41) is 4.61. The molecule has 1 fully saturated rings. The van der Waals surface area contributed by atoms with Gasteiger partial charge in [-0.05, 0) is 0 Å². The molecule has 1 atom stereocenters. The zero-order chi connectivity index (χ0) is 10.6. The van der Waals surface area contributed by atoms with Crippen LogP contribution in [0.3, 0.4) is 0 Å². The molecule has 0 spiro atoms. The number of hydrogen-bond donors (Lipinski definition) is 2. The topological polar surface area (TPSA) is 50.4 Å². The molecule has 1 saturated heterocycles. The predicted molar refractivity (Wildman–Crippen MR) is 41.7 cm³/mol. The molecule has 82 valence electrons. The Kier molecular flexibility index (Phi) is 3.70. The molecule has 1 amide bonds. The third kappa shape index (κ3) is 3.93. The fourth-order valence-corrected chi connectivity index (χ4v) is 1.03. The monoisotopic (exact) mass is 212 g/mol. The summed E-state index contributed by atoms with van der Waals surface area (Å²) in [6, 6.07) is 0. The number of carbonyl (C=O) groups is 1. The first-order chi connectivity index (χ1) is 6.49. The summed E-state index contributed by atoms with van der Waals surface area (Å²) >= 11 is 0. The van der Waals surface area contributed by atoms with Gasteiger partial charge in [0.25, 0.3) is 5.91 Å². The van der Waals surface area contributed by atoms with Crippen molar-refractivity contribution in [1.82, 2.24) is 10.6 Å². The SMILES string of the molecule is O=C(NCC(F)(F)F)C1CNCCO1. The summed E-state index contributed by atoms with van der Waals surface area (Å²) in [6.45, 7) is -0.109. The molecular weight excluding hydrogens is 201 g/mol. The maximum absolute atomic E-state index is 11.7. The zero-order valence-corrected chi connectivity index (χ0v) is 7.36. The van der Waals surface area contributed by atoms with Crippen molar-refractivity contribution in [3.63, 3.8) is 0 Å². The second kappa shape index (κ2) is 4.61. The van der Waals surface area contributed by atoms with Gasteiger partial charge in [-0.2, -0.15) is 13.2 Å². The number of rotatable bonds is 2. The van der Waals surface area contributed by atoms with Crippen molar-refractivity contribution in [2.75, 3.05) is 26.2 Å². The van der Waals surface area contributed by atoms with Crippen LogP contribution in [0.25, 0.3) is 0 Å². The summed E-state index contributed by atoms with van der Waals surface area (Å²) in [7, 11) is 0. The minimum atomic E-state index is -4.38. The van der Waals surface area contributed by atoms with Crippen molar-refractivity contribution in [2.45, 2.75) is 12.3 Å². The molecule has 1 unspecified atom stereocenters. The number of ether oxygens (including phenoxy) is 1. The molecule has 0 aromatic heterocycles. The van der Waals surface area contributed by atoms with Gasteiger partial charge in [-0.15, -0.1) is 0 Å². The Morgan fingerprint density at radius 3 is 2.79 bits per heavy atom. The van der Waals surface area contributed by atoms with Crippen molar-refractivity contribution in [1.29, 1.82) is 0 Å². The molecule has 14 heavy (non-hydrogen) atoms. The van der Waals surface area contributed by atoms with E-state index in [0.29, 0.717) is 13.2 Å². The standard InChI is InChI=1S/C7H11F3N2O2/c8-7(9,10)4-12-6(13)5-3-11-1-2-14-5/h5,11H,1-4H2,(H,12,13). The lowest BCUT2D eigenvalue weighted by molar-refractivity contribution is -0.146. The molecule has 1 aliphatic rings. The third-order valence-corrected chi connectivity index (χ3v) is 1.68. The van der Waals surface area contributed by atoms with E-state index in [0.717, 1.165) is 0 Å². The van der Waals surface area contributed by atoms with E-state index in [2.05, 4.69) is 5.32 Å². The van der Waals surface area contributed by atoms with Gasteiger partial charge >= 0.3 is 6.18 Å². The number of hydrogen-bond acceptors (Lipinski definition) is 3. The van der Waals surface area contributed by atoms with Gasteiger partial charge in [-0.1, -0.05) is 0 Å². The molecule has 0 radical (unpaired) electrons. The van der Waals surface area contributed by atoms with Crippen LogP contribution < -0.4 is 10.6 Å². The molecule has 0 aromatic rings. The van der Waals surface area contributed by atoms with Gasteiger partial charge in [-0.3, -0.25) is 4.79 Å². The Bertz CT molecular complexity index is 202. The molecule has 0 saturated carbocycles. The Morgan fingerprint density at radius 2 is 2.29 bits per heavy atom.